The largest absolute Gasteiger partial charge is 0.375 e. The normalized spacial score (nSPS) is 10.6. The fraction of sp³-hybridized carbons (Fsp3) is 0.400. The van der Waals surface area contributed by atoms with E-state index in [2.05, 4.69) is 15.0 Å². The molecule has 7 heteroatoms. The number of carbonyl (C=O) groups is 1. The Kier molecular flexibility index (Phi) is 5.79. The quantitative estimate of drug-likeness (QED) is 0.634. The summed E-state index contributed by atoms with van der Waals surface area (Å²) in [5.74, 6) is -0.330. The standard InChI is InChI=1S/C10H11ClF2N2O2/c11-8-2-1-7(5-14-8)15-10(16)3-4-17-6-9(12)13/h1-2,5,9H,3-4,6H2,(H,15,16). The summed E-state index contributed by atoms with van der Waals surface area (Å²) in [6.07, 6.45) is -1.10. The summed E-state index contributed by atoms with van der Waals surface area (Å²) in [6, 6.07) is 3.12. The van der Waals surface area contributed by atoms with Crippen LogP contribution in [0.1, 0.15) is 6.42 Å². The molecule has 0 atom stereocenters. The van der Waals surface area contributed by atoms with Gasteiger partial charge < -0.3 is 10.1 Å². The first-order valence-electron chi connectivity index (χ1n) is 4.85. The first-order valence-corrected chi connectivity index (χ1v) is 5.23. The van der Waals surface area contributed by atoms with Gasteiger partial charge in [0.2, 0.25) is 5.91 Å². The highest BCUT2D eigenvalue weighted by molar-refractivity contribution is 6.29. The zero-order valence-corrected chi connectivity index (χ0v) is 9.58. The second-order valence-electron chi connectivity index (χ2n) is 3.13. The third-order valence-corrected chi connectivity index (χ3v) is 1.95. The predicted octanol–water partition coefficient (Wildman–Crippen LogP) is 2.35. The summed E-state index contributed by atoms with van der Waals surface area (Å²) in [4.78, 5) is 15.1. The first kappa shape index (κ1) is 13.8. The van der Waals surface area contributed by atoms with Gasteiger partial charge in [-0.2, -0.15) is 0 Å². The average Bonchev–Trinajstić information content (AvgIpc) is 2.27. The van der Waals surface area contributed by atoms with Crippen molar-refractivity contribution >= 4 is 23.2 Å². The van der Waals surface area contributed by atoms with Gasteiger partial charge in [-0.1, -0.05) is 11.6 Å². The van der Waals surface area contributed by atoms with Crippen LogP contribution in [0.4, 0.5) is 14.5 Å². The lowest BCUT2D eigenvalue weighted by Crippen LogP contribution is -2.15. The van der Waals surface area contributed by atoms with Crippen molar-refractivity contribution in [3.8, 4) is 0 Å². The summed E-state index contributed by atoms with van der Waals surface area (Å²) < 4.78 is 28.0. The molecule has 0 spiro atoms. The zero-order chi connectivity index (χ0) is 12.7. The fourth-order valence-corrected chi connectivity index (χ4v) is 1.12. The van der Waals surface area contributed by atoms with Crippen molar-refractivity contribution in [1.82, 2.24) is 4.98 Å². The van der Waals surface area contributed by atoms with Crippen molar-refractivity contribution in [2.24, 2.45) is 0 Å². The van der Waals surface area contributed by atoms with Gasteiger partial charge in [0.05, 0.1) is 24.9 Å². The molecule has 1 rings (SSSR count). The van der Waals surface area contributed by atoms with Crippen LogP contribution in [0, 0.1) is 0 Å². The summed E-state index contributed by atoms with van der Waals surface area (Å²) in [6.45, 7) is -0.701. The van der Waals surface area contributed by atoms with Gasteiger partial charge in [-0.05, 0) is 12.1 Å². The number of pyridine rings is 1. The predicted molar refractivity (Wildman–Crippen MR) is 59.3 cm³/mol. The number of hydrogen-bond acceptors (Lipinski definition) is 3. The minimum absolute atomic E-state index is 0.00927. The molecular weight excluding hydrogens is 254 g/mol. The summed E-state index contributed by atoms with van der Waals surface area (Å²) >= 11 is 5.57. The van der Waals surface area contributed by atoms with Crippen molar-refractivity contribution in [2.45, 2.75) is 12.8 Å². The number of nitrogens with one attached hydrogen (secondary N) is 1. The Balaban J connectivity index is 2.23. The maximum atomic E-state index is 11.7. The second kappa shape index (κ2) is 7.13. The van der Waals surface area contributed by atoms with E-state index in [9.17, 15) is 13.6 Å². The van der Waals surface area contributed by atoms with E-state index in [4.69, 9.17) is 11.6 Å². The summed E-state index contributed by atoms with van der Waals surface area (Å²) in [7, 11) is 0. The highest BCUT2D eigenvalue weighted by Crippen LogP contribution is 2.09. The monoisotopic (exact) mass is 264 g/mol. The number of alkyl halides is 2. The molecule has 0 saturated heterocycles. The molecule has 0 aromatic carbocycles. The van der Waals surface area contributed by atoms with Crippen molar-refractivity contribution in [3.63, 3.8) is 0 Å². The van der Waals surface area contributed by atoms with Crippen LogP contribution in [0.15, 0.2) is 18.3 Å². The molecule has 0 aliphatic carbocycles. The summed E-state index contributed by atoms with van der Waals surface area (Å²) in [5, 5.41) is 2.85. The fourth-order valence-electron chi connectivity index (χ4n) is 1.01. The lowest BCUT2D eigenvalue weighted by Gasteiger charge is -2.05. The van der Waals surface area contributed by atoms with Gasteiger partial charge in [0.15, 0.2) is 0 Å². The number of aromatic nitrogens is 1. The highest BCUT2D eigenvalue weighted by Gasteiger charge is 2.05. The number of hydrogen-bond donors (Lipinski definition) is 1. The van der Waals surface area contributed by atoms with E-state index in [0.717, 1.165) is 0 Å². The van der Waals surface area contributed by atoms with Crippen LogP contribution >= 0.6 is 11.6 Å². The van der Waals surface area contributed by atoms with Crippen molar-refractivity contribution in [1.29, 1.82) is 0 Å². The van der Waals surface area contributed by atoms with Crippen LogP contribution in [0.25, 0.3) is 0 Å². The SMILES string of the molecule is O=C(CCOCC(F)F)Nc1ccc(Cl)nc1. The molecule has 0 aliphatic heterocycles. The number of amides is 1. The van der Waals surface area contributed by atoms with Gasteiger partial charge in [-0.15, -0.1) is 0 Å². The molecule has 4 nitrogen and oxygen atoms in total. The van der Waals surface area contributed by atoms with Crippen LogP contribution < -0.4 is 5.32 Å². The topological polar surface area (TPSA) is 51.2 Å². The van der Waals surface area contributed by atoms with Gasteiger partial charge >= 0.3 is 0 Å². The molecule has 0 unspecified atom stereocenters. The Bertz CT molecular complexity index is 360. The molecule has 1 aromatic heterocycles. The van der Waals surface area contributed by atoms with E-state index in [1.807, 2.05) is 0 Å². The zero-order valence-electron chi connectivity index (χ0n) is 8.83. The molecule has 0 radical (unpaired) electrons. The molecule has 0 aliphatic rings. The Morgan fingerprint density at radius 2 is 2.29 bits per heavy atom. The van der Waals surface area contributed by atoms with E-state index < -0.39 is 13.0 Å². The van der Waals surface area contributed by atoms with E-state index >= 15 is 0 Å². The van der Waals surface area contributed by atoms with Crippen LogP contribution in [0.3, 0.4) is 0 Å². The maximum absolute atomic E-state index is 11.7. The molecule has 0 fully saturated rings. The Labute approximate surface area is 102 Å². The van der Waals surface area contributed by atoms with Crippen molar-refractivity contribution in [2.75, 3.05) is 18.5 Å². The first-order chi connectivity index (χ1) is 8.08. The van der Waals surface area contributed by atoms with Crippen LogP contribution in [0.5, 0.6) is 0 Å². The van der Waals surface area contributed by atoms with Crippen LogP contribution in [0.2, 0.25) is 5.15 Å². The Hall–Kier alpha value is -1.27. The number of carbonyl (C=O) groups excluding carboxylic acids is 1. The maximum Gasteiger partial charge on any atom is 0.261 e. The lowest BCUT2D eigenvalue weighted by molar-refractivity contribution is -0.117. The number of nitrogens with zero attached hydrogens (tertiary/aromatic N) is 1. The number of ether oxygens (including phenoxy) is 1. The second-order valence-corrected chi connectivity index (χ2v) is 3.52. The molecule has 94 valence electrons. The molecule has 1 N–H and O–H groups in total. The highest BCUT2D eigenvalue weighted by atomic mass is 35.5. The number of anilines is 1. The summed E-state index contributed by atoms with van der Waals surface area (Å²) in [5.41, 5.74) is 0.494. The average molecular weight is 265 g/mol. The van der Waals surface area contributed by atoms with Crippen LogP contribution in [-0.4, -0.2) is 30.5 Å². The van der Waals surface area contributed by atoms with Gasteiger partial charge in [0.25, 0.3) is 6.43 Å². The van der Waals surface area contributed by atoms with E-state index in [0.29, 0.717) is 10.8 Å². The van der Waals surface area contributed by atoms with Crippen molar-refractivity contribution in [3.05, 3.63) is 23.5 Å². The van der Waals surface area contributed by atoms with E-state index in [1.54, 1.807) is 6.07 Å². The lowest BCUT2D eigenvalue weighted by atomic mass is 10.3. The third-order valence-electron chi connectivity index (χ3n) is 1.73. The van der Waals surface area contributed by atoms with Crippen molar-refractivity contribution < 1.29 is 18.3 Å². The van der Waals surface area contributed by atoms with Crippen LogP contribution in [-0.2, 0) is 9.53 Å². The number of halogens is 3. The van der Waals surface area contributed by atoms with Gasteiger partial charge in [0, 0.05) is 0 Å². The van der Waals surface area contributed by atoms with Gasteiger partial charge in [-0.3, -0.25) is 4.79 Å². The molecule has 1 aromatic rings. The van der Waals surface area contributed by atoms with E-state index in [-0.39, 0.29) is 18.9 Å². The molecule has 0 bridgehead atoms. The minimum Gasteiger partial charge on any atom is -0.375 e. The number of rotatable bonds is 6. The Morgan fingerprint density at radius 3 is 2.88 bits per heavy atom. The van der Waals surface area contributed by atoms with E-state index in [1.165, 1.54) is 12.3 Å². The third kappa shape index (κ3) is 6.13. The Morgan fingerprint density at radius 1 is 1.53 bits per heavy atom. The smallest absolute Gasteiger partial charge is 0.261 e. The van der Waals surface area contributed by atoms with Gasteiger partial charge in [0.1, 0.15) is 11.8 Å². The molecule has 0 saturated carbocycles. The molecule has 1 heterocycles. The molecule has 17 heavy (non-hydrogen) atoms. The minimum atomic E-state index is -2.52. The molecule has 1 amide bonds. The molecular formula is C10H11ClF2N2O2. The van der Waals surface area contributed by atoms with Gasteiger partial charge in [-0.25, -0.2) is 13.8 Å².